The van der Waals surface area contributed by atoms with Crippen LogP contribution in [-0.4, -0.2) is 29.4 Å². The van der Waals surface area contributed by atoms with E-state index >= 15 is 0 Å². The molecule has 0 bridgehead atoms. The molecule has 2 unspecified atom stereocenters. The maximum atomic E-state index is 11.0. The van der Waals surface area contributed by atoms with Crippen LogP contribution in [0, 0.1) is 0 Å². The van der Waals surface area contributed by atoms with Crippen molar-refractivity contribution >= 4 is 20.6 Å². The molecule has 0 amide bonds. The zero-order chi connectivity index (χ0) is 9.03. The minimum absolute atomic E-state index is 0.613. The Labute approximate surface area is 78.0 Å². The van der Waals surface area contributed by atoms with E-state index in [1.165, 1.54) is 0 Å². The number of ether oxygens (including phenoxy) is 1. The van der Waals surface area contributed by atoms with E-state index < -0.39 is 25.2 Å². The third kappa shape index (κ3) is 2.16. The molecule has 2 atom stereocenters. The lowest BCUT2D eigenvalue weighted by Gasteiger charge is -2.38. The summed E-state index contributed by atoms with van der Waals surface area (Å²) in [5.74, 6) is 0. The van der Waals surface area contributed by atoms with E-state index in [1.54, 1.807) is 0 Å². The van der Waals surface area contributed by atoms with Crippen LogP contribution in [-0.2, 0) is 15.8 Å². The van der Waals surface area contributed by atoms with Crippen molar-refractivity contribution in [3.05, 3.63) is 0 Å². The summed E-state index contributed by atoms with van der Waals surface area (Å²) in [4.78, 5) is 0. The van der Waals surface area contributed by atoms with Crippen LogP contribution in [0.25, 0.3) is 0 Å². The molecule has 0 aliphatic carbocycles. The number of hydrogen-bond donors (Lipinski definition) is 0. The average Bonchev–Trinajstić information content (AvgIpc) is 2.06. The lowest BCUT2D eigenvalue weighted by molar-refractivity contribution is 0.0332. The highest BCUT2D eigenvalue weighted by atomic mass is 32.2. The van der Waals surface area contributed by atoms with Crippen molar-refractivity contribution in [2.45, 2.75) is 36.8 Å². The van der Waals surface area contributed by atoms with Gasteiger partial charge in [0, 0.05) is 6.61 Å². The second-order valence-electron chi connectivity index (χ2n) is 3.20. The van der Waals surface area contributed by atoms with Crippen LogP contribution >= 0.6 is 0 Å². The standard InChI is InChI=1S/C7H16O3SSi/c1-2-12-7(11(8)9)5-3-4-6-10-7/h2-6,12H2,1H3,(H,8,9)/p-1. The van der Waals surface area contributed by atoms with E-state index in [4.69, 9.17) is 4.74 Å². The molecule has 0 aromatic heterocycles. The summed E-state index contributed by atoms with van der Waals surface area (Å²) in [6.07, 6.45) is 2.74. The molecule has 0 spiro atoms. The predicted octanol–water partition coefficient (Wildman–Crippen LogP) is 0.327. The summed E-state index contributed by atoms with van der Waals surface area (Å²) in [5, 5.41) is 0. The second-order valence-corrected chi connectivity index (χ2v) is 7.57. The van der Waals surface area contributed by atoms with E-state index in [0.717, 1.165) is 25.3 Å². The van der Waals surface area contributed by atoms with Crippen molar-refractivity contribution in [3.63, 3.8) is 0 Å². The molecule has 1 saturated heterocycles. The molecule has 1 aliphatic rings. The number of rotatable bonds is 3. The van der Waals surface area contributed by atoms with Crippen molar-refractivity contribution in [3.8, 4) is 0 Å². The lowest BCUT2D eigenvalue weighted by Crippen LogP contribution is -2.45. The first kappa shape index (κ1) is 10.4. The highest BCUT2D eigenvalue weighted by molar-refractivity contribution is 7.82. The Morgan fingerprint density at radius 3 is 2.83 bits per heavy atom. The average molecular weight is 207 g/mol. The molecule has 3 nitrogen and oxygen atoms in total. The Morgan fingerprint density at radius 2 is 2.42 bits per heavy atom. The van der Waals surface area contributed by atoms with Crippen molar-refractivity contribution in [2.75, 3.05) is 6.61 Å². The largest absolute Gasteiger partial charge is 0.770 e. The third-order valence-electron chi connectivity index (χ3n) is 2.25. The minimum atomic E-state index is -2.02. The quantitative estimate of drug-likeness (QED) is 0.495. The predicted molar refractivity (Wildman–Crippen MR) is 50.5 cm³/mol. The minimum Gasteiger partial charge on any atom is -0.770 e. The molecule has 0 aromatic rings. The summed E-state index contributed by atoms with van der Waals surface area (Å²) in [6, 6.07) is 0.994. The van der Waals surface area contributed by atoms with Gasteiger partial charge in [0.1, 0.15) is 4.56 Å². The zero-order valence-corrected chi connectivity index (χ0v) is 9.61. The van der Waals surface area contributed by atoms with Crippen LogP contribution in [0.15, 0.2) is 0 Å². The first-order valence-electron chi connectivity index (χ1n) is 4.44. The van der Waals surface area contributed by atoms with Crippen LogP contribution in [0.4, 0.5) is 0 Å². The van der Waals surface area contributed by atoms with E-state index in [0.29, 0.717) is 6.61 Å². The molecular formula is C7H15O3SSi-. The van der Waals surface area contributed by atoms with Crippen LogP contribution < -0.4 is 0 Å². The molecule has 0 N–H and O–H groups in total. The highest BCUT2D eigenvalue weighted by Gasteiger charge is 2.33. The SMILES string of the molecule is CC[SiH2]C1(S(=O)[O-])CCCCO1. The molecule has 0 radical (unpaired) electrons. The smallest absolute Gasteiger partial charge is 0.110 e. The van der Waals surface area contributed by atoms with Gasteiger partial charge in [0.05, 0.1) is 9.52 Å². The number of hydrogen-bond acceptors (Lipinski definition) is 3. The summed E-state index contributed by atoms with van der Waals surface area (Å²) in [5.41, 5.74) is 0. The van der Waals surface area contributed by atoms with Gasteiger partial charge in [0.15, 0.2) is 0 Å². The van der Waals surface area contributed by atoms with Gasteiger partial charge in [-0.3, -0.25) is 4.21 Å². The molecule has 12 heavy (non-hydrogen) atoms. The van der Waals surface area contributed by atoms with Gasteiger partial charge in [-0.25, -0.2) is 0 Å². The van der Waals surface area contributed by atoms with Gasteiger partial charge >= 0.3 is 0 Å². The molecule has 1 rings (SSSR count). The van der Waals surface area contributed by atoms with Crippen molar-refractivity contribution < 1.29 is 13.5 Å². The summed E-state index contributed by atoms with van der Waals surface area (Å²) in [7, 11) is -0.613. The van der Waals surface area contributed by atoms with Gasteiger partial charge < -0.3 is 9.29 Å². The Balaban J connectivity index is 2.63. The monoisotopic (exact) mass is 207 g/mol. The van der Waals surface area contributed by atoms with E-state index in [9.17, 15) is 8.76 Å². The van der Waals surface area contributed by atoms with Gasteiger partial charge in [-0.2, -0.15) is 0 Å². The summed E-state index contributed by atoms with van der Waals surface area (Å²) < 4.78 is 26.7. The fourth-order valence-electron chi connectivity index (χ4n) is 1.62. The van der Waals surface area contributed by atoms with Crippen LogP contribution in [0.1, 0.15) is 26.2 Å². The van der Waals surface area contributed by atoms with Gasteiger partial charge in [-0.15, -0.1) is 0 Å². The maximum absolute atomic E-state index is 11.0. The van der Waals surface area contributed by atoms with Gasteiger partial charge in [0.25, 0.3) is 0 Å². The van der Waals surface area contributed by atoms with Crippen molar-refractivity contribution in [1.29, 1.82) is 0 Å². The van der Waals surface area contributed by atoms with Crippen molar-refractivity contribution in [1.82, 2.24) is 0 Å². The molecule has 0 saturated carbocycles. The molecule has 0 aromatic carbocycles. The maximum Gasteiger partial charge on any atom is 0.110 e. The molecule has 72 valence electrons. The molecule has 1 fully saturated rings. The van der Waals surface area contributed by atoms with Gasteiger partial charge in [-0.1, -0.05) is 13.0 Å². The first-order chi connectivity index (χ1) is 5.71. The highest BCUT2D eigenvalue weighted by Crippen LogP contribution is 2.27. The fraction of sp³-hybridized carbons (Fsp3) is 1.00. The normalized spacial score (nSPS) is 34.2. The Bertz CT molecular complexity index is 163. The summed E-state index contributed by atoms with van der Waals surface area (Å²) >= 11 is -2.02. The Kier molecular flexibility index (Phi) is 3.89. The molecule has 1 heterocycles. The Morgan fingerprint density at radius 1 is 1.67 bits per heavy atom. The lowest BCUT2D eigenvalue weighted by atomic mass is 10.2. The Hall–Kier alpha value is 0.287. The molecule has 5 heteroatoms. The topological polar surface area (TPSA) is 49.4 Å². The molecule has 1 aliphatic heterocycles. The first-order valence-corrected chi connectivity index (χ1v) is 7.23. The van der Waals surface area contributed by atoms with E-state index in [2.05, 4.69) is 0 Å². The third-order valence-corrected chi connectivity index (χ3v) is 6.32. The van der Waals surface area contributed by atoms with Crippen LogP contribution in [0.5, 0.6) is 0 Å². The zero-order valence-electron chi connectivity index (χ0n) is 7.38. The van der Waals surface area contributed by atoms with E-state index in [1.807, 2.05) is 6.92 Å². The van der Waals surface area contributed by atoms with Crippen LogP contribution in [0.3, 0.4) is 0 Å². The fourth-order valence-corrected chi connectivity index (χ4v) is 4.94. The molecular weight excluding hydrogens is 192 g/mol. The second kappa shape index (κ2) is 4.50. The van der Waals surface area contributed by atoms with Crippen LogP contribution in [0.2, 0.25) is 6.04 Å². The van der Waals surface area contributed by atoms with Gasteiger partial charge in [-0.05, 0) is 30.3 Å². The van der Waals surface area contributed by atoms with Gasteiger partial charge in [0.2, 0.25) is 0 Å². The summed E-state index contributed by atoms with van der Waals surface area (Å²) in [6.45, 7) is 2.67. The van der Waals surface area contributed by atoms with E-state index in [-0.39, 0.29) is 0 Å². The van der Waals surface area contributed by atoms with Crippen molar-refractivity contribution in [2.24, 2.45) is 0 Å².